The zero-order valence-electron chi connectivity index (χ0n) is 11.7. The van der Waals surface area contributed by atoms with E-state index in [1.165, 1.54) is 5.56 Å². The number of rotatable bonds is 6. The maximum Gasteiger partial charge on any atom is 0.123 e. The number of amidine groups is 1. The average Bonchev–Trinajstić information content (AvgIpc) is 2.79. The monoisotopic (exact) mass is 261 g/mol. The van der Waals surface area contributed by atoms with Gasteiger partial charge in [0, 0.05) is 25.4 Å². The van der Waals surface area contributed by atoms with E-state index in [-0.39, 0.29) is 17.9 Å². The van der Waals surface area contributed by atoms with E-state index in [0.717, 1.165) is 31.8 Å². The summed E-state index contributed by atoms with van der Waals surface area (Å²) in [6.45, 7) is 6.79. The Morgan fingerprint density at radius 1 is 1.53 bits per heavy atom. The number of fused-ring (bicyclic) bond motifs is 1. The molecule has 1 aliphatic heterocycles. The summed E-state index contributed by atoms with van der Waals surface area (Å²) in [5.41, 5.74) is 6.84. The molecule has 104 valence electrons. The molecular weight excluding hydrogens is 238 g/mol. The van der Waals surface area contributed by atoms with Gasteiger partial charge in [0.1, 0.15) is 11.9 Å². The quantitative estimate of drug-likeness (QED) is 0.607. The minimum atomic E-state index is 0.101. The van der Waals surface area contributed by atoms with E-state index in [1.54, 1.807) is 0 Å². The fourth-order valence-electron chi connectivity index (χ4n) is 2.46. The van der Waals surface area contributed by atoms with Crippen molar-refractivity contribution < 1.29 is 4.74 Å². The van der Waals surface area contributed by atoms with Crippen LogP contribution < -0.4 is 10.5 Å². The molecule has 0 saturated carbocycles. The molecule has 0 aliphatic carbocycles. The van der Waals surface area contributed by atoms with Gasteiger partial charge in [-0.3, -0.25) is 10.3 Å². The molecule has 0 fully saturated rings. The van der Waals surface area contributed by atoms with Crippen LogP contribution in [0.2, 0.25) is 0 Å². The van der Waals surface area contributed by atoms with Gasteiger partial charge >= 0.3 is 0 Å². The van der Waals surface area contributed by atoms with Gasteiger partial charge in [0.05, 0.1) is 5.84 Å². The minimum absolute atomic E-state index is 0.101. The molecule has 19 heavy (non-hydrogen) atoms. The Bertz CT molecular complexity index is 422. The first-order chi connectivity index (χ1) is 9.10. The normalized spacial score (nSPS) is 19.0. The molecule has 4 nitrogen and oxygen atoms in total. The molecule has 0 amide bonds. The fourth-order valence-corrected chi connectivity index (χ4v) is 2.46. The largest absolute Gasteiger partial charge is 0.488 e. The van der Waals surface area contributed by atoms with Crippen molar-refractivity contribution in [2.24, 2.45) is 11.7 Å². The van der Waals surface area contributed by atoms with Crippen LogP contribution in [0.3, 0.4) is 0 Å². The molecule has 2 atom stereocenters. The second-order valence-corrected chi connectivity index (χ2v) is 5.26. The van der Waals surface area contributed by atoms with Crippen molar-refractivity contribution in [3.8, 4) is 5.75 Å². The molecule has 0 aromatic heterocycles. The van der Waals surface area contributed by atoms with Crippen LogP contribution in [0.5, 0.6) is 5.75 Å². The zero-order valence-corrected chi connectivity index (χ0v) is 11.7. The van der Waals surface area contributed by atoms with Crippen LogP contribution in [0.4, 0.5) is 0 Å². The van der Waals surface area contributed by atoms with E-state index in [1.807, 2.05) is 19.1 Å². The number of para-hydroxylation sites is 1. The first-order valence-electron chi connectivity index (χ1n) is 6.91. The third-order valence-corrected chi connectivity index (χ3v) is 3.69. The summed E-state index contributed by atoms with van der Waals surface area (Å²) in [5.74, 6) is 1.38. The fraction of sp³-hybridized carbons (Fsp3) is 0.533. The summed E-state index contributed by atoms with van der Waals surface area (Å²) in [6.07, 6.45) is 1.19. The molecule has 1 aromatic rings. The topological polar surface area (TPSA) is 62.3 Å². The SMILES string of the molecule is CCN(CC1Cc2ccccc2O1)CC(C)C(=N)N. The molecule has 1 aromatic carbocycles. The molecule has 2 unspecified atom stereocenters. The van der Waals surface area contributed by atoms with Crippen molar-refractivity contribution in [1.29, 1.82) is 5.41 Å². The van der Waals surface area contributed by atoms with Crippen molar-refractivity contribution in [3.63, 3.8) is 0 Å². The minimum Gasteiger partial charge on any atom is -0.488 e. The molecule has 0 saturated heterocycles. The van der Waals surface area contributed by atoms with Gasteiger partial charge in [-0.05, 0) is 18.2 Å². The van der Waals surface area contributed by atoms with Gasteiger partial charge in [-0.25, -0.2) is 0 Å². The number of ether oxygens (including phenoxy) is 1. The summed E-state index contributed by atoms with van der Waals surface area (Å²) < 4.78 is 5.95. The number of hydrogen-bond donors (Lipinski definition) is 2. The number of hydrogen-bond acceptors (Lipinski definition) is 3. The van der Waals surface area contributed by atoms with Gasteiger partial charge < -0.3 is 10.5 Å². The second kappa shape index (κ2) is 6.06. The Balaban J connectivity index is 1.89. The number of benzene rings is 1. The van der Waals surface area contributed by atoms with Crippen molar-refractivity contribution in [1.82, 2.24) is 4.90 Å². The Morgan fingerprint density at radius 2 is 2.26 bits per heavy atom. The predicted molar refractivity (Wildman–Crippen MR) is 77.8 cm³/mol. The van der Waals surface area contributed by atoms with Crippen molar-refractivity contribution in [3.05, 3.63) is 29.8 Å². The lowest BCUT2D eigenvalue weighted by molar-refractivity contribution is 0.149. The first-order valence-corrected chi connectivity index (χ1v) is 6.91. The molecule has 3 N–H and O–H groups in total. The van der Waals surface area contributed by atoms with Gasteiger partial charge in [0.25, 0.3) is 0 Å². The summed E-state index contributed by atoms with van der Waals surface area (Å²) in [5, 5.41) is 7.48. The van der Waals surface area contributed by atoms with Gasteiger partial charge in [-0.15, -0.1) is 0 Å². The van der Waals surface area contributed by atoms with E-state index >= 15 is 0 Å². The van der Waals surface area contributed by atoms with Crippen LogP contribution in [-0.4, -0.2) is 36.5 Å². The smallest absolute Gasteiger partial charge is 0.123 e. The first kappa shape index (κ1) is 13.9. The Kier molecular flexibility index (Phi) is 4.43. The number of nitrogens with one attached hydrogen (secondary N) is 1. The maximum absolute atomic E-state index is 7.48. The second-order valence-electron chi connectivity index (χ2n) is 5.26. The highest BCUT2D eigenvalue weighted by molar-refractivity contribution is 5.79. The van der Waals surface area contributed by atoms with Crippen LogP contribution in [0, 0.1) is 11.3 Å². The predicted octanol–water partition coefficient (Wildman–Crippen LogP) is 1.88. The molecule has 4 heteroatoms. The van der Waals surface area contributed by atoms with Gasteiger partial charge in [0.2, 0.25) is 0 Å². The van der Waals surface area contributed by atoms with E-state index in [9.17, 15) is 0 Å². The summed E-state index contributed by atoms with van der Waals surface area (Å²) >= 11 is 0. The van der Waals surface area contributed by atoms with E-state index < -0.39 is 0 Å². The van der Waals surface area contributed by atoms with Crippen molar-refractivity contribution in [2.75, 3.05) is 19.6 Å². The lowest BCUT2D eigenvalue weighted by Gasteiger charge is -2.26. The number of likely N-dealkylation sites (N-methyl/N-ethyl adjacent to an activating group) is 1. The lowest BCUT2D eigenvalue weighted by atomic mass is 10.1. The van der Waals surface area contributed by atoms with E-state index in [0.29, 0.717) is 0 Å². The van der Waals surface area contributed by atoms with Gasteiger partial charge in [-0.1, -0.05) is 32.0 Å². The van der Waals surface area contributed by atoms with Crippen LogP contribution in [0.25, 0.3) is 0 Å². The third-order valence-electron chi connectivity index (χ3n) is 3.69. The molecule has 2 rings (SSSR count). The van der Waals surface area contributed by atoms with Gasteiger partial charge in [0.15, 0.2) is 0 Å². The highest BCUT2D eigenvalue weighted by atomic mass is 16.5. The maximum atomic E-state index is 7.48. The van der Waals surface area contributed by atoms with Crippen LogP contribution >= 0.6 is 0 Å². The third kappa shape index (κ3) is 3.47. The zero-order chi connectivity index (χ0) is 13.8. The summed E-state index contributed by atoms with van der Waals surface area (Å²) in [6, 6.07) is 8.23. The Hall–Kier alpha value is -1.55. The van der Waals surface area contributed by atoms with Crippen molar-refractivity contribution in [2.45, 2.75) is 26.4 Å². The van der Waals surface area contributed by atoms with Crippen LogP contribution in [-0.2, 0) is 6.42 Å². The molecule has 1 aliphatic rings. The Morgan fingerprint density at radius 3 is 2.89 bits per heavy atom. The standard InChI is InChI=1S/C15H23N3O/c1-3-18(9-11(2)15(16)17)10-13-8-12-6-4-5-7-14(12)19-13/h4-7,11,13H,3,8-10H2,1-2H3,(H3,16,17). The van der Waals surface area contributed by atoms with Gasteiger partial charge in [-0.2, -0.15) is 0 Å². The van der Waals surface area contributed by atoms with E-state index in [2.05, 4.69) is 24.0 Å². The van der Waals surface area contributed by atoms with Crippen molar-refractivity contribution >= 4 is 5.84 Å². The van der Waals surface area contributed by atoms with Crippen LogP contribution in [0.15, 0.2) is 24.3 Å². The molecule has 0 radical (unpaired) electrons. The average molecular weight is 261 g/mol. The summed E-state index contributed by atoms with van der Waals surface area (Å²) in [7, 11) is 0. The van der Waals surface area contributed by atoms with Crippen LogP contribution in [0.1, 0.15) is 19.4 Å². The highest BCUT2D eigenvalue weighted by Gasteiger charge is 2.24. The number of nitrogens with two attached hydrogens (primary N) is 1. The van der Waals surface area contributed by atoms with E-state index in [4.69, 9.17) is 15.9 Å². The molecular formula is C15H23N3O. The number of nitrogens with zero attached hydrogens (tertiary/aromatic N) is 1. The lowest BCUT2D eigenvalue weighted by Crippen LogP contribution is -2.40. The molecule has 0 bridgehead atoms. The Labute approximate surface area is 115 Å². The molecule has 0 spiro atoms. The molecule has 1 heterocycles. The highest BCUT2D eigenvalue weighted by Crippen LogP contribution is 2.28. The summed E-state index contributed by atoms with van der Waals surface area (Å²) in [4.78, 5) is 2.31.